The van der Waals surface area contributed by atoms with Crippen molar-refractivity contribution < 1.29 is 23.9 Å². The molecule has 2 rings (SSSR count). The maximum atomic E-state index is 13.2. The summed E-state index contributed by atoms with van der Waals surface area (Å²) in [5, 5.41) is 3.55. The predicted molar refractivity (Wildman–Crippen MR) is 112 cm³/mol. The Morgan fingerprint density at radius 3 is 2.34 bits per heavy atom. The molecule has 8 nitrogen and oxygen atoms in total. The molecule has 2 amide bonds. The molecule has 162 valence electrons. The van der Waals surface area contributed by atoms with Gasteiger partial charge in [-0.25, -0.2) is 9.59 Å². The Hall–Kier alpha value is -2.13. The summed E-state index contributed by atoms with van der Waals surface area (Å²) in [5.74, 6) is -0.530. The zero-order valence-electron chi connectivity index (χ0n) is 18.0. The highest BCUT2D eigenvalue weighted by Gasteiger charge is 2.43. The van der Waals surface area contributed by atoms with Crippen molar-refractivity contribution >= 4 is 34.3 Å². The molecule has 0 radical (unpaired) electrons. The van der Waals surface area contributed by atoms with Gasteiger partial charge in [-0.05, 0) is 59.8 Å². The van der Waals surface area contributed by atoms with E-state index >= 15 is 0 Å². The third-order valence-corrected chi connectivity index (χ3v) is 5.68. The van der Waals surface area contributed by atoms with Crippen molar-refractivity contribution in [3.8, 4) is 0 Å². The van der Waals surface area contributed by atoms with Crippen LogP contribution >= 0.6 is 11.3 Å². The molecule has 9 heteroatoms. The number of anilines is 1. The monoisotopic (exact) mass is 425 g/mol. The summed E-state index contributed by atoms with van der Waals surface area (Å²) in [5.41, 5.74) is -1.18. The molecule has 29 heavy (non-hydrogen) atoms. The highest BCUT2D eigenvalue weighted by atomic mass is 32.1. The van der Waals surface area contributed by atoms with Crippen molar-refractivity contribution in [2.45, 2.75) is 39.2 Å². The number of nitrogens with one attached hydrogen (secondary N) is 1. The molecule has 0 unspecified atom stereocenters. The average molecular weight is 426 g/mol. The number of nitrogens with zero attached hydrogens (tertiary/aromatic N) is 2. The van der Waals surface area contributed by atoms with Crippen LogP contribution in [0, 0.1) is 5.41 Å². The van der Waals surface area contributed by atoms with E-state index in [1.54, 1.807) is 17.0 Å². The molecule has 0 atom stereocenters. The Bertz CT molecular complexity index is 746. The molecule has 0 aliphatic carbocycles. The van der Waals surface area contributed by atoms with Crippen molar-refractivity contribution in [2.75, 3.05) is 46.2 Å². The lowest BCUT2D eigenvalue weighted by Gasteiger charge is -2.42. The number of ether oxygens (including phenoxy) is 2. The molecule has 2 heterocycles. The second kappa shape index (κ2) is 9.13. The predicted octanol–water partition coefficient (Wildman–Crippen LogP) is 3.05. The Morgan fingerprint density at radius 2 is 1.83 bits per heavy atom. The van der Waals surface area contributed by atoms with Crippen LogP contribution in [-0.2, 0) is 14.3 Å². The van der Waals surface area contributed by atoms with Gasteiger partial charge in [-0.1, -0.05) is 0 Å². The third kappa shape index (κ3) is 6.17. The van der Waals surface area contributed by atoms with E-state index in [0.717, 1.165) is 0 Å². The summed E-state index contributed by atoms with van der Waals surface area (Å²) in [6, 6.07) is 3.34. The van der Waals surface area contributed by atoms with Crippen LogP contribution in [0.5, 0.6) is 0 Å². The van der Waals surface area contributed by atoms with Crippen molar-refractivity contribution in [3.05, 3.63) is 17.0 Å². The highest BCUT2D eigenvalue weighted by molar-refractivity contribution is 7.18. The first-order valence-corrected chi connectivity index (χ1v) is 10.4. The van der Waals surface area contributed by atoms with Crippen LogP contribution in [0.25, 0.3) is 0 Å². The molecule has 1 aromatic rings. The lowest BCUT2D eigenvalue weighted by molar-refractivity contribution is -0.129. The minimum atomic E-state index is -0.628. The molecular weight excluding hydrogens is 394 g/mol. The zero-order valence-corrected chi connectivity index (χ0v) is 18.9. The summed E-state index contributed by atoms with van der Waals surface area (Å²) in [6.07, 6.45) is 0.717. The van der Waals surface area contributed by atoms with Crippen molar-refractivity contribution in [2.24, 2.45) is 5.41 Å². The maximum absolute atomic E-state index is 13.2. The second-order valence-electron chi connectivity index (χ2n) is 8.60. The van der Waals surface area contributed by atoms with Crippen molar-refractivity contribution in [3.63, 3.8) is 0 Å². The van der Waals surface area contributed by atoms with E-state index in [-0.39, 0.29) is 12.0 Å². The molecule has 1 N–H and O–H groups in total. The number of piperidine rings is 1. The Labute approximate surface area is 176 Å². The minimum absolute atomic E-state index is 0.103. The van der Waals surface area contributed by atoms with E-state index in [9.17, 15) is 14.4 Å². The Balaban J connectivity index is 2.09. The summed E-state index contributed by atoms with van der Waals surface area (Å²) < 4.78 is 10.2. The van der Waals surface area contributed by atoms with Crippen LogP contribution in [0.15, 0.2) is 12.1 Å². The normalized spacial score (nSPS) is 16.4. The standard InChI is InChI=1S/C20H31N3O5S/c1-19(2,3)28-18(26)23-11-9-20(10-12-23,13-22(4)5)17(25)21-15-8-7-14(29-15)16(24)27-6/h7-8H,9-13H2,1-6H3,(H,21,25). The van der Waals surface area contributed by atoms with E-state index in [1.807, 2.05) is 39.8 Å². The van der Waals surface area contributed by atoms with E-state index in [1.165, 1.54) is 18.4 Å². The molecular formula is C20H31N3O5S. The molecule has 0 bridgehead atoms. The Kier molecular flexibility index (Phi) is 7.29. The first-order chi connectivity index (χ1) is 13.5. The van der Waals surface area contributed by atoms with Gasteiger partial charge < -0.3 is 24.6 Å². The van der Waals surface area contributed by atoms with Crippen molar-refractivity contribution in [1.82, 2.24) is 9.80 Å². The summed E-state index contributed by atoms with van der Waals surface area (Å²) in [4.78, 5) is 41.3. The van der Waals surface area contributed by atoms with Gasteiger partial charge in [0.05, 0.1) is 17.5 Å². The van der Waals surface area contributed by atoms with Crippen LogP contribution in [0.2, 0.25) is 0 Å². The first kappa shape index (κ1) is 23.2. The molecule has 1 aliphatic heterocycles. The number of likely N-dealkylation sites (tertiary alicyclic amines) is 1. The zero-order chi connectivity index (χ0) is 21.8. The number of hydrogen-bond donors (Lipinski definition) is 1. The van der Waals surface area contributed by atoms with Gasteiger partial charge in [-0.15, -0.1) is 11.3 Å². The fourth-order valence-electron chi connectivity index (χ4n) is 3.37. The second-order valence-corrected chi connectivity index (χ2v) is 9.68. The number of methoxy groups -OCH3 is 1. The smallest absolute Gasteiger partial charge is 0.410 e. The third-order valence-electron chi connectivity index (χ3n) is 4.70. The van der Waals surface area contributed by atoms with Gasteiger partial charge in [-0.3, -0.25) is 4.79 Å². The molecule has 1 fully saturated rings. The summed E-state index contributed by atoms with van der Waals surface area (Å²) >= 11 is 1.18. The largest absolute Gasteiger partial charge is 0.465 e. The molecule has 1 aliphatic rings. The van der Waals surface area contributed by atoms with Gasteiger partial charge in [0.25, 0.3) is 0 Å². The molecule has 1 aromatic heterocycles. The lowest BCUT2D eigenvalue weighted by Crippen LogP contribution is -2.53. The number of hydrogen-bond acceptors (Lipinski definition) is 7. The van der Waals surface area contributed by atoms with Gasteiger partial charge >= 0.3 is 12.1 Å². The van der Waals surface area contributed by atoms with E-state index < -0.39 is 17.0 Å². The van der Waals surface area contributed by atoms with Crippen LogP contribution in [0.1, 0.15) is 43.3 Å². The van der Waals surface area contributed by atoms with Gasteiger partial charge in [0.2, 0.25) is 5.91 Å². The van der Waals surface area contributed by atoms with Crippen LogP contribution in [0.3, 0.4) is 0 Å². The van der Waals surface area contributed by atoms with E-state index in [2.05, 4.69) is 5.32 Å². The SMILES string of the molecule is COC(=O)c1ccc(NC(=O)C2(CN(C)C)CCN(C(=O)OC(C)(C)C)CC2)s1. The molecule has 0 saturated carbocycles. The topological polar surface area (TPSA) is 88.2 Å². The summed E-state index contributed by atoms with van der Waals surface area (Å²) in [7, 11) is 5.18. The maximum Gasteiger partial charge on any atom is 0.410 e. The average Bonchev–Trinajstić information content (AvgIpc) is 3.08. The van der Waals surface area contributed by atoms with Crippen LogP contribution in [-0.4, -0.2) is 74.2 Å². The number of carbonyl (C=O) groups excluding carboxylic acids is 3. The quantitative estimate of drug-likeness (QED) is 0.730. The first-order valence-electron chi connectivity index (χ1n) is 9.58. The van der Waals surface area contributed by atoms with E-state index in [4.69, 9.17) is 9.47 Å². The fourth-order valence-corrected chi connectivity index (χ4v) is 4.19. The van der Waals surface area contributed by atoms with Crippen LogP contribution in [0.4, 0.5) is 9.80 Å². The minimum Gasteiger partial charge on any atom is -0.465 e. The van der Waals surface area contributed by atoms with Crippen LogP contribution < -0.4 is 5.32 Å². The van der Waals surface area contributed by atoms with Gasteiger partial charge in [0, 0.05) is 19.6 Å². The molecule has 0 spiro atoms. The molecule has 0 aromatic carbocycles. The van der Waals surface area contributed by atoms with Gasteiger partial charge in [0.1, 0.15) is 10.5 Å². The Morgan fingerprint density at radius 1 is 1.21 bits per heavy atom. The number of thiophene rings is 1. The van der Waals surface area contributed by atoms with E-state index in [0.29, 0.717) is 42.4 Å². The van der Waals surface area contributed by atoms with Gasteiger partial charge in [-0.2, -0.15) is 0 Å². The lowest BCUT2D eigenvalue weighted by atomic mass is 9.77. The number of amides is 2. The number of rotatable bonds is 5. The van der Waals surface area contributed by atoms with Gasteiger partial charge in [0.15, 0.2) is 0 Å². The highest BCUT2D eigenvalue weighted by Crippen LogP contribution is 2.35. The van der Waals surface area contributed by atoms with Crippen molar-refractivity contribution in [1.29, 1.82) is 0 Å². The summed E-state index contributed by atoms with van der Waals surface area (Å²) in [6.45, 7) is 6.98. The number of carbonyl (C=O) groups is 3. The fraction of sp³-hybridized carbons (Fsp3) is 0.650. The molecule has 1 saturated heterocycles. The number of esters is 1.